The predicted octanol–water partition coefficient (Wildman–Crippen LogP) is 1.66. The van der Waals surface area contributed by atoms with E-state index in [1.54, 1.807) is 12.1 Å². The molecule has 0 saturated carbocycles. The number of carbonyl (C=O) groups is 2. The standard InChI is InChI=1S/C16H16N2O4/c19-14(18-16(15(20)21)8-9-22-10-16)13-7-6-12(17-13)11-4-2-1-3-5-11/h1-7,17H,8-10H2,(H,18,19)(H,20,21). The zero-order valence-corrected chi connectivity index (χ0v) is 11.8. The van der Waals surface area contributed by atoms with Crippen LogP contribution in [0.15, 0.2) is 42.5 Å². The molecule has 114 valence electrons. The van der Waals surface area contributed by atoms with Gasteiger partial charge >= 0.3 is 5.97 Å². The van der Waals surface area contributed by atoms with Gasteiger partial charge in [-0.05, 0) is 17.7 Å². The maximum absolute atomic E-state index is 12.3. The van der Waals surface area contributed by atoms with Crippen LogP contribution in [0.2, 0.25) is 0 Å². The van der Waals surface area contributed by atoms with Gasteiger partial charge in [-0.2, -0.15) is 0 Å². The third-order valence-electron chi connectivity index (χ3n) is 3.80. The van der Waals surface area contributed by atoms with Gasteiger partial charge in [0.05, 0.1) is 6.61 Å². The molecule has 1 aliphatic rings. The number of aromatic amines is 1. The average Bonchev–Trinajstić information content (AvgIpc) is 3.18. The Hall–Kier alpha value is -2.60. The first-order valence-electron chi connectivity index (χ1n) is 6.99. The van der Waals surface area contributed by atoms with Gasteiger partial charge < -0.3 is 20.1 Å². The minimum atomic E-state index is -1.34. The van der Waals surface area contributed by atoms with Crippen LogP contribution in [0.4, 0.5) is 0 Å². The second kappa shape index (κ2) is 5.65. The lowest BCUT2D eigenvalue weighted by Gasteiger charge is -2.23. The Balaban J connectivity index is 1.79. The Morgan fingerprint density at radius 2 is 1.95 bits per heavy atom. The molecular formula is C16H16N2O4. The molecule has 1 unspecified atom stereocenters. The second-order valence-electron chi connectivity index (χ2n) is 5.30. The molecule has 1 fully saturated rings. The lowest BCUT2D eigenvalue weighted by molar-refractivity contribution is -0.144. The minimum Gasteiger partial charge on any atom is -0.479 e. The number of aromatic nitrogens is 1. The number of H-pyrrole nitrogens is 1. The Bertz CT molecular complexity index is 687. The Labute approximate surface area is 127 Å². The molecule has 1 aromatic heterocycles. The molecule has 1 saturated heterocycles. The summed E-state index contributed by atoms with van der Waals surface area (Å²) in [4.78, 5) is 26.7. The van der Waals surface area contributed by atoms with E-state index in [1.165, 1.54) is 0 Å². The summed E-state index contributed by atoms with van der Waals surface area (Å²) in [7, 11) is 0. The van der Waals surface area contributed by atoms with Gasteiger partial charge in [0.15, 0.2) is 5.54 Å². The fourth-order valence-electron chi connectivity index (χ4n) is 2.48. The number of amides is 1. The SMILES string of the molecule is O=C(NC1(C(=O)O)CCOC1)c1ccc(-c2ccccc2)[nH]1. The predicted molar refractivity (Wildman–Crippen MR) is 79.5 cm³/mol. The van der Waals surface area contributed by atoms with Gasteiger partial charge in [0.2, 0.25) is 0 Å². The molecule has 2 heterocycles. The summed E-state index contributed by atoms with van der Waals surface area (Å²) in [5.74, 6) is -1.52. The largest absolute Gasteiger partial charge is 0.479 e. The molecular weight excluding hydrogens is 284 g/mol. The molecule has 0 spiro atoms. The molecule has 6 nitrogen and oxygen atoms in total. The van der Waals surface area contributed by atoms with Gasteiger partial charge in [-0.1, -0.05) is 30.3 Å². The zero-order chi connectivity index (χ0) is 15.6. The van der Waals surface area contributed by atoms with Crippen LogP contribution >= 0.6 is 0 Å². The number of nitrogens with one attached hydrogen (secondary N) is 2. The fourth-order valence-corrected chi connectivity index (χ4v) is 2.48. The molecule has 3 N–H and O–H groups in total. The molecule has 1 aliphatic heterocycles. The van der Waals surface area contributed by atoms with Crippen molar-refractivity contribution in [2.45, 2.75) is 12.0 Å². The first-order chi connectivity index (χ1) is 10.6. The summed E-state index contributed by atoms with van der Waals surface area (Å²) < 4.78 is 5.13. The van der Waals surface area contributed by atoms with Crippen molar-refractivity contribution in [2.24, 2.45) is 0 Å². The molecule has 1 amide bonds. The Morgan fingerprint density at radius 3 is 2.59 bits per heavy atom. The summed E-state index contributed by atoms with van der Waals surface area (Å²) in [5.41, 5.74) is 0.748. The van der Waals surface area contributed by atoms with E-state index < -0.39 is 17.4 Å². The third-order valence-corrected chi connectivity index (χ3v) is 3.80. The molecule has 1 atom stereocenters. The molecule has 2 aromatic rings. The van der Waals surface area contributed by atoms with E-state index >= 15 is 0 Å². The lowest BCUT2D eigenvalue weighted by atomic mass is 9.99. The summed E-state index contributed by atoms with van der Waals surface area (Å²) in [6.45, 7) is 0.312. The lowest BCUT2D eigenvalue weighted by Crippen LogP contribution is -2.55. The van der Waals surface area contributed by atoms with Crippen LogP contribution in [-0.4, -0.2) is 40.7 Å². The van der Waals surface area contributed by atoms with Crippen molar-refractivity contribution in [2.75, 3.05) is 13.2 Å². The Kier molecular flexibility index (Phi) is 3.68. The van der Waals surface area contributed by atoms with Crippen LogP contribution in [0, 0.1) is 0 Å². The highest BCUT2D eigenvalue weighted by Crippen LogP contribution is 2.21. The highest BCUT2D eigenvalue weighted by molar-refractivity contribution is 5.97. The van der Waals surface area contributed by atoms with E-state index in [4.69, 9.17) is 4.74 Å². The fraction of sp³-hybridized carbons (Fsp3) is 0.250. The van der Waals surface area contributed by atoms with E-state index in [0.717, 1.165) is 11.3 Å². The molecule has 1 aromatic carbocycles. The first-order valence-corrected chi connectivity index (χ1v) is 6.99. The zero-order valence-electron chi connectivity index (χ0n) is 11.8. The van der Waals surface area contributed by atoms with Crippen molar-refractivity contribution in [3.05, 3.63) is 48.2 Å². The molecule has 0 aliphatic carbocycles. The number of aliphatic carboxylic acids is 1. The molecule has 0 bridgehead atoms. The van der Waals surface area contributed by atoms with Gasteiger partial charge in [0, 0.05) is 18.7 Å². The smallest absolute Gasteiger partial charge is 0.331 e. The number of ether oxygens (including phenoxy) is 1. The van der Waals surface area contributed by atoms with Crippen molar-refractivity contribution in [1.82, 2.24) is 10.3 Å². The van der Waals surface area contributed by atoms with Crippen LogP contribution in [0.5, 0.6) is 0 Å². The van der Waals surface area contributed by atoms with Crippen molar-refractivity contribution in [3.63, 3.8) is 0 Å². The van der Waals surface area contributed by atoms with Crippen LogP contribution < -0.4 is 5.32 Å². The quantitative estimate of drug-likeness (QED) is 0.800. The summed E-state index contributed by atoms with van der Waals surface area (Å²) in [5, 5.41) is 11.9. The third kappa shape index (κ3) is 2.60. The number of benzene rings is 1. The van der Waals surface area contributed by atoms with Crippen LogP contribution in [0.25, 0.3) is 11.3 Å². The summed E-state index contributed by atoms with van der Waals surface area (Å²) in [6.07, 6.45) is 0.264. The first kappa shape index (κ1) is 14.3. The highest BCUT2D eigenvalue weighted by atomic mass is 16.5. The van der Waals surface area contributed by atoms with Crippen molar-refractivity contribution >= 4 is 11.9 Å². The number of hydrogen-bond donors (Lipinski definition) is 3. The monoisotopic (exact) mass is 300 g/mol. The summed E-state index contributed by atoms with van der Waals surface area (Å²) >= 11 is 0. The highest BCUT2D eigenvalue weighted by Gasteiger charge is 2.44. The van der Waals surface area contributed by atoms with E-state index in [1.807, 2.05) is 30.3 Å². The number of carboxylic acids is 1. The van der Waals surface area contributed by atoms with Gasteiger partial charge in [-0.15, -0.1) is 0 Å². The molecule has 3 rings (SSSR count). The van der Waals surface area contributed by atoms with Gasteiger partial charge in [-0.25, -0.2) is 4.79 Å². The molecule has 0 radical (unpaired) electrons. The normalized spacial score (nSPS) is 20.7. The number of hydrogen-bond acceptors (Lipinski definition) is 3. The van der Waals surface area contributed by atoms with E-state index in [2.05, 4.69) is 10.3 Å². The van der Waals surface area contributed by atoms with Gasteiger partial charge in [-0.3, -0.25) is 4.79 Å². The number of carbonyl (C=O) groups excluding carboxylic acids is 1. The van der Waals surface area contributed by atoms with Gasteiger partial charge in [0.1, 0.15) is 5.69 Å². The summed E-state index contributed by atoms with van der Waals surface area (Å²) in [6, 6.07) is 13.0. The topological polar surface area (TPSA) is 91.4 Å². The van der Waals surface area contributed by atoms with Gasteiger partial charge in [0.25, 0.3) is 5.91 Å². The van der Waals surface area contributed by atoms with E-state index in [9.17, 15) is 14.7 Å². The van der Waals surface area contributed by atoms with E-state index in [0.29, 0.717) is 12.3 Å². The number of rotatable bonds is 4. The minimum absolute atomic E-state index is 0.0136. The Morgan fingerprint density at radius 1 is 1.18 bits per heavy atom. The number of carboxylic acid groups (broad SMARTS) is 1. The van der Waals surface area contributed by atoms with Crippen molar-refractivity contribution < 1.29 is 19.4 Å². The van der Waals surface area contributed by atoms with Crippen LogP contribution in [-0.2, 0) is 9.53 Å². The second-order valence-corrected chi connectivity index (χ2v) is 5.30. The van der Waals surface area contributed by atoms with Crippen molar-refractivity contribution in [1.29, 1.82) is 0 Å². The van der Waals surface area contributed by atoms with Crippen molar-refractivity contribution in [3.8, 4) is 11.3 Å². The molecule has 22 heavy (non-hydrogen) atoms. The maximum atomic E-state index is 12.3. The van der Waals surface area contributed by atoms with E-state index in [-0.39, 0.29) is 13.0 Å². The average molecular weight is 300 g/mol. The van der Waals surface area contributed by atoms with Crippen LogP contribution in [0.3, 0.4) is 0 Å². The molecule has 6 heteroatoms. The van der Waals surface area contributed by atoms with Crippen LogP contribution in [0.1, 0.15) is 16.9 Å². The maximum Gasteiger partial charge on any atom is 0.331 e.